The predicted octanol–water partition coefficient (Wildman–Crippen LogP) is 3.55. The minimum Gasteiger partial charge on any atom is -0.434 e. The second kappa shape index (κ2) is 9.19. The molecular formula is C15H30O5. The summed E-state index contributed by atoms with van der Waals surface area (Å²) in [6.07, 6.45) is 0.644. The van der Waals surface area contributed by atoms with Gasteiger partial charge in [0, 0.05) is 26.1 Å². The third-order valence-corrected chi connectivity index (χ3v) is 2.92. The van der Waals surface area contributed by atoms with E-state index in [-0.39, 0.29) is 11.2 Å². The Balaban J connectivity index is 3.75. The number of hydrogen-bond acceptors (Lipinski definition) is 5. The summed E-state index contributed by atoms with van der Waals surface area (Å²) < 4.78 is 21.1. The molecule has 0 spiro atoms. The van der Waals surface area contributed by atoms with Crippen molar-refractivity contribution in [1.29, 1.82) is 0 Å². The molecule has 0 aliphatic carbocycles. The second-order valence-corrected chi connectivity index (χ2v) is 5.83. The van der Waals surface area contributed by atoms with E-state index < -0.39 is 6.16 Å². The zero-order valence-electron chi connectivity index (χ0n) is 13.8. The Morgan fingerprint density at radius 3 is 1.45 bits per heavy atom. The van der Waals surface area contributed by atoms with E-state index >= 15 is 0 Å². The minimum atomic E-state index is -0.635. The molecule has 0 aromatic rings. The van der Waals surface area contributed by atoms with Crippen LogP contribution in [0, 0.1) is 0 Å². The zero-order valence-corrected chi connectivity index (χ0v) is 13.8. The van der Waals surface area contributed by atoms with E-state index in [4.69, 9.17) is 18.9 Å². The fourth-order valence-corrected chi connectivity index (χ4v) is 1.73. The van der Waals surface area contributed by atoms with Gasteiger partial charge in [0.25, 0.3) is 0 Å². The van der Waals surface area contributed by atoms with Crippen LogP contribution >= 0.6 is 0 Å². The van der Waals surface area contributed by atoms with E-state index in [1.165, 1.54) is 0 Å². The molecule has 0 aliphatic rings. The summed E-state index contributed by atoms with van der Waals surface area (Å²) in [7, 11) is 0. The number of carbonyl (C=O) groups is 1. The predicted molar refractivity (Wildman–Crippen MR) is 77.9 cm³/mol. The number of hydrogen-bond donors (Lipinski definition) is 0. The molecule has 120 valence electrons. The fraction of sp³-hybridized carbons (Fsp3) is 0.933. The van der Waals surface area contributed by atoms with Gasteiger partial charge in [-0.15, -0.1) is 0 Å². The first kappa shape index (κ1) is 19.2. The second-order valence-electron chi connectivity index (χ2n) is 5.83. The highest BCUT2D eigenvalue weighted by atomic mass is 16.7. The molecular weight excluding hydrogens is 260 g/mol. The van der Waals surface area contributed by atoms with Gasteiger partial charge in [0.2, 0.25) is 0 Å². The lowest BCUT2D eigenvalue weighted by Gasteiger charge is -2.25. The Kier molecular flexibility index (Phi) is 8.81. The van der Waals surface area contributed by atoms with Gasteiger partial charge in [-0.05, 0) is 41.5 Å². The Labute approximate surface area is 122 Å². The largest absolute Gasteiger partial charge is 0.508 e. The first-order valence-electron chi connectivity index (χ1n) is 7.30. The van der Waals surface area contributed by atoms with Crippen molar-refractivity contribution in [2.24, 2.45) is 0 Å². The Morgan fingerprint density at radius 2 is 1.15 bits per heavy atom. The fourth-order valence-electron chi connectivity index (χ4n) is 1.73. The smallest absolute Gasteiger partial charge is 0.434 e. The van der Waals surface area contributed by atoms with Gasteiger partial charge in [-0.1, -0.05) is 0 Å². The van der Waals surface area contributed by atoms with Crippen LogP contribution in [0.15, 0.2) is 0 Å². The van der Waals surface area contributed by atoms with Crippen molar-refractivity contribution in [2.45, 2.75) is 65.6 Å². The summed E-state index contributed by atoms with van der Waals surface area (Å²) in [5.74, 6) is 0. The standard InChI is InChI=1S/C15H30O5/c1-7-19-14(3,4)9-11-17-13(16)18-12-10-15(5,6)20-8-2/h7-12H2,1-6H3. The molecule has 0 aromatic heterocycles. The van der Waals surface area contributed by atoms with Crippen molar-refractivity contribution >= 4 is 6.16 Å². The quantitative estimate of drug-likeness (QED) is 0.576. The minimum absolute atomic E-state index is 0.286. The first-order chi connectivity index (χ1) is 9.22. The van der Waals surface area contributed by atoms with E-state index in [2.05, 4.69) is 0 Å². The molecule has 0 atom stereocenters. The summed E-state index contributed by atoms with van der Waals surface area (Å²) in [6, 6.07) is 0. The molecule has 0 heterocycles. The summed E-state index contributed by atoms with van der Waals surface area (Å²) in [4.78, 5) is 11.4. The molecule has 5 heteroatoms. The molecule has 0 fully saturated rings. The van der Waals surface area contributed by atoms with Gasteiger partial charge in [-0.2, -0.15) is 0 Å². The van der Waals surface area contributed by atoms with Crippen molar-refractivity contribution in [3.63, 3.8) is 0 Å². The highest BCUT2D eigenvalue weighted by molar-refractivity contribution is 5.59. The van der Waals surface area contributed by atoms with E-state index in [0.29, 0.717) is 39.3 Å². The van der Waals surface area contributed by atoms with Gasteiger partial charge in [0.05, 0.1) is 24.4 Å². The van der Waals surface area contributed by atoms with Crippen LogP contribution in [0.3, 0.4) is 0 Å². The summed E-state index contributed by atoms with van der Waals surface area (Å²) in [5, 5.41) is 0. The average molecular weight is 290 g/mol. The van der Waals surface area contributed by atoms with Crippen LogP contribution in [0.1, 0.15) is 54.4 Å². The third-order valence-electron chi connectivity index (χ3n) is 2.92. The maximum Gasteiger partial charge on any atom is 0.508 e. The number of rotatable bonds is 10. The van der Waals surface area contributed by atoms with Crippen molar-refractivity contribution in [3.8, 4) is 0 Å². The Hall–Kier alpha value is -0.810. The van der Waals surface area contributed by atoms with Gasteiger partial charge in [0.1, 0.15) is 0 Å². The molecule has 5 nitrogen and oxygen atoms in total. The van der Waals surface area contributed by atoms with E-state index in [1.54, 1.807) is 0 Å². The van der Waals surface area contributed by atoms with Gasteiger partial charge in [-0.3, -0.25) is 0 Å². The summed E-state index contributed by atoms with van der Waals surface area (Å²) in [5.41, 5.74) is -0.571. The normalized spacial score (nSPS) is 12.3. The van der Waals surface area contributed by atoms with Crippen LogP contribution in [-0.2, 0) is 18.9 Å². The van der Waals surface area contributed by atoms with E-state index in [0.717, 1.165) is 0 Å². The molecule has 0 aromatic carbocycles. The average Bonchev–Trinajstić information content (AvgIpc) is 2.27. The molecule has 0 unspecified atom stereocenters. The van der Waals surface area contributed by atoms with Crippen molar-refractivity contribution in [1.82, 2.24) is 0 Å². The lowest BCUT2D eigenvalue weighted by atomic mass is 10.1. The van der Waals surface area contributed by atoms with Crippen LogP contribution < -0.4 is 0 Å². The molecule has 0 rings (SSSR count). The van der Waals surface area contributed by atoms with Gasteiger partial charge in [-0.25, -0.2) is 4.79 Å². The molecule has 0 N–H and O–H groups in total. The molecule has 0 radical (unpaired) electrons. The summed E-state index contributed by atoms with van der Waals surface area (Å²) in [6.45, 7) is 13.6. The molecule has 0 aliphatic heterocycles. The van der Waals surface area contributed by atoms with Crippen LogP contribution in [0.5, 0.6) is 0 Å². The monoisotopic (exact) mass is 290 g/mol. The first-order valence-corrected chi connectivity index (χ1v) is 7.30. The van der Waals surface area contributed by atoms with Crippen LogP contribution in [0.25, 0.3) is 0 Å². The van der Waals surface area contributed by atoms with Crippen LogP contribution in [0.2, 0.25) is 0 Å². The van der Waals surface area contributed by atoms with Gasteiger partial charge >= 0.3 is 6.16 Å². The topological polar surface area (TPSA) is 54.0 Å². The molecule has 0 bridgehead atoms. The highest BCUT2D eigenvalue weighted by Crippen LogP contribution is 2.15. The maximum absolute atomic E-state index is 11.4. The van der Waals surface area contributed by atoms with Crippen molar-refractivity contribution in [3.05, 3.63) is 0 Å². The van der Waals surface area contributed by atoms with Crippen molar-refractivity contribution in [2.75, 3.05) is 26.4 Å². The molecule has 20 heavy (non-hydrogen) atoms. The molecule has 0 saturated carbocycles. The Morgan fingerprint density at radius 1 is 0.800 bits per heavy atom. The highest BCUT2D eigenvalue weighted by Gasteiger charge is 2.20. The zero-order chi connectivity index (χ0) is 15.6. The summed E-state index contributed by atoms with van der Waals surface area (Å²) >= 11 is 0. The van der Waals surface area contributed by atoms with Crippen LogP contribution in [-0.4, -0.2) is 43.8 Å². The Bertz CT molecular complexity index is 247. The van der Waals surface area contributed by atoms with Crippen LogP contribution in [0.4, 0.5) is 4.79 Å². The third kappa shape index (κ3) is 10.0. The number of ether oxygens (including phenoxy) is 4. The van der Waals surface area contributed by atoms with E-state index in [1.807, 2.05) is 41.5 Å². The number of carbonyl (C=O) groups excluding carboxylic acids is 1. The van der Waals surface area contributed by atoms with Crippen molar-refractivity contribution < 1.29 is 23.7 Å². The van der Waals surface area contributed by atoms with E-state index in [9.17, 15) is 4.79 Å². The van der Waals surface area contributed by atoms with Gasteiger partial charge < -0.3 is 18.9 Å². The van der Waals surface area contributed by atoms with Gasteiger partial charge in [0.15, 0.2) is 0 Å². The molecule has 0 saturated heterocycles. The lowest BCUT2D eigenvalue weighted by molar-refractivity contribution is -0.0423. The molecule has 0 amide bonds. The maximum atomic E-state index is 11.4. The SMILES string of the molecule is CCOC(C)(C)CCOC(=O)OCCC(C)(C)OCC. The lowest BCUT2D eigenvalue weighted by Crippen LogP contribution is -2.28.